The summed E-state index contributed by atoms with van der Waals surface area (Å²) in [5.74, 6) is -0.0974. The van der Waals surface area contributed by atoms with Crippen molar-refractivity contribution in [1.29, 1.82) is 0 Å². The molecule has 0 saturated heterocycles. The van der Waals surface area contributed by atoms with Crippen LogP contribution in [-0.2, 0) is 16.0 Å². The van der Waals surface area contributed by atoms with Gasteiger partial charge in [-0.1, -0.05) is 22.0 Å². The Morgan fingerprint density at radius 3 is 2.38 bits per heavy atom. The molecule has 0 atom stereocenters. The van der Waals surface area contributed by atoms with Crippen molar-refractivity contribution >= 4 is 33.4 Å². The van der Waals surface area contributed by atoms with E-state index in [1.54, 1.807) is 32.4 Å². The van der Waals surface area contributed by atoms with Gasteiger partial charge in [-0.25, -0.2) is 0 Å². The van der Waals surface area contributed by atoms with Gasteiger partial charge in [0.05, 0.1) is 14.2 Å². The van der Waals surface area contributed by atoms with Crippen LogP contribution in [-0.4, -0.2) is 32.6 Å². The molecule has 0 saturated carbocycles. The Kier molecular flexibility index (Phi) is 7.03. The number of amides is 2. The zero-order valence-corrected chi connectivity index (χ0v) is 16.5. The molecule has 0 aliphatic heterocycles. The van der Waals surface area contributed by atoms with Gasteiger partial charge in [0.15, 0.2) is 11.5 Å². The van der Waals surface area contributed by atoms with Gasteiger partial charge >= 0.3 is 11.8 Å². The van der Waals surface area contributed by atoms with Gasteiger partial charge in [0.25, 0.3) is 0 Å². The monoisotopic (exact) mass is 420 g/mol. The molecule has 0 unspecified atom stereocenters. The molecule has 2 rings (SSSR count). The number of rotatable bonds is 6. The number of hydrogen-bond acceptors (Lipinski definition) is 4. The molecule has 2 N–H and O–H groups in total. The number of anilines is 1. The molecule has 0 aromatic heterocycles. The van der Waals surface area contributed by atoms with Crippen molar-refractivity contribution in [2.24, 2.45) is 0 Å². The molecular weight excluding hydrogens is 400 g/mol. The number of nitrogens with one attached hydrogen (secondary N) is 2. The van der Waals surface area contributed by atoms with Gasteiger partial charge in [-0.2, -0.15) is 0 Å². The van der Waals surface area contributed by atoms with Gasteiger partial charge in [-0.15, -0.1) is 0 Å². The summed E-state index contributed by atoms with van der Waals surface area (Å²) in [6, 6.07) is 10.9. The Morgan fingerprint density at radius 2 is 1.73 bits per heavy atom. The minimum absolute atomic E-state index is 0.334. The number of benzene rings is 2. The van der Waals surface area contributed by atoms with Crippen molar-refractivity contribution in [2.45, 2.75) is 13.3 Å². The molecule has 6 nitrogen and oxygen atoms in total. The van der Waals surface area contributed by atoms with Gasteiger partial charge in [-0.05, 0) is 54.8 Å². The molecule has 2 amide bonds. The van der Waals surface area contributed by atoms with Crippen molar-refractivity contribution in [1.82, 2.24) is 5.32 Å². The van der Waals surface area contributed by atoms with E-state index in [2.05, 4.69) is 26.6 Å². The molecule has 7 heteroatoms. The predicted octanol–water partition coefficient (Wildman–Crippen LogP) is 3.07. The number of ether oxygens (including phenoxy) is 2. The highest BCUT2D eigenvalue weighted by atomic mass is 79.9. The number of carbonyl (C=O) groups excluding carboxylic acids is 2. The minimum Gasteiger partial charge on any atom is -0.493 e. The van der Waals surface area contributed by atoms with E-state index in [4.69, 9.17) is 9.47 Å². The van der Waals surface area contributed by atoms with Crippen LogP contribution in [0, 0.1) is 6.92 Å². The van der Waals surface area contributed by atoms with Gasteiger partial charge in [-0.3, -0.25) is 9.59 Å². The van der Waals surface area contributed by atoms with Crippen LogP contribution in [0.2, 0.25) is 0 Å². The van der Waals surface area contributed by atoms with Crippen LogP contribution in [0.15, 0.2) is 40.9 Å². The topological polar surface area (TPSA) is 76.7 Å². The zero-order valence-electron chi connectivity index (χ0n) is 14.9. The summed E-state index contributed by atoms with van der Waals surface area (Å²) in [5, 5.41) is 5.23. The number of aryl methyl sites for hydroxylation is 1. The number of methoxy groups -OCH3 is 2. The Balaban J connectivity index is 1.87. The SMILES string of the molecule is COc1ccc(CCNC(=O)C(=O)Nc2ccc(Br)cc2C)cc1OC. The van der Waals surface area contributed by atoms with E-state index in [0.717, 1.165) is 15.6 Å². The number of halogens is 1. The van der Waals surface area contributed by atoms with Crippen molar-refractivity contribution in [3.05, 3.63) is 52.0 Å². The first kappa shape index (κ1) is 19.8. The maximum absolute atomic E-state index is 12.0. The summed E-state index contributed by atoms with van der Waals surface area (Å²) in [4.78, 5) is 24.0. The Labute approximate surface area is 161 Å². The lowest BCUT2D eigenvalue weighted by molar-refractivity contribution is -0.136. The summed E-state index contributed by atoms with van der Waals surface area (Å²) in [7, 11) is 3.14. The number of carbonyl (C=O) groups is 2. The van der Waals surface area contributed by atoms with Gasteiger partial charge in [0.2, 0.25) is 0 Å². The van der Waals surface area contributed by atoms with E-state index in [-0.39, 0.29) is 0 Å². The third-order valence-electron chi connectivity index (χ3n) is 3.79. The standard InChI is InChI=1S/C19H21BrN2O4/c1-12-10-14(20)5-6-15(12)22-19(24)18(23)21-9-8-13-4-7-16(25-2)17(11-13)26-3/h4-7,10-11H,8-9H2,1-3H3,(H,21,23)(H,22,24). The highest BCUT2D eigenvalue weighted by molar-refractivity contribution is 9.10. The molecule has 0 fully saturated rings. The molecule has 26 heavy (non-hydrogen) atoms. The largest absolute Gasteiger partial charge is 0.493 e. The second-order valence-corrected chi connectivity index (χ2v) is 6.52. The third kappa shape index (κ3) is 5.23. The molecule has 0 spiro atoms. The normalized spacial score (nSPS) is 10.2. The fourth-order valence-corrected chi connectivity index (χ4v) is 2.86. The van der Waals surface area contributed by atoms with Crippen molar-refractivity contribution in [3.8, 4) is 11.5 Å². The van der Waals surface area contributed by atoms with Crippen LogP contribution in [0.25, 0.3) is 0 Å². The fraction of sp³-hybridized carbons (Fsp3) is 0.263. The van der Waals surface area contributed by atoms with E-state index in [0.29, 0.717) is 30.2 Å². The summed E-state index contributed by atoms with van der Waals surface area (Å²) >= 11 is 3.36. The Bertz CT molecular complexity index is 808. The lowest BCUT2D eigenvalue weighted by Gasteiger charge is -2.11. The summed E-state index contributed by atoms with van der Waals surface area (Å²) < 4.78 is 11.3. The molecule has 0 aliphatic rings. The maximum Gasteiger partial charge on any atom is 0.313 e. The summed E-state index contributed by atoms with van der Waals surface area (Å²) in [5.41, 5.74) is 2.44. The van der Waals surface area contributed by atoms with Gasteiger partial charge < -0.3 is 20.1 Å². The van der Waals surface area contributed by atoms with Crippen LogP contribution >= 0.6 is 15.9 Å². The Morgan fingerprint density at radius 1 is 1.00 bits per heavy atom. The van der Waals surface area contributed by atoms with Crippen LogP contribution in [0.4, 0.5) is 5.69 Å². The summed E-state index contributed by atoms with van der Waals surface area (Å²) in [6.45, 7) is 2.19. The first-order valence-corrected chi connectivity index (χ1v) is 8.80. The average molecular weight is 421 g/mol. The average Bonchev–Trinajstić information content (AvgIpc) is 2.63. The highest BCUT2D eigenvalue weighted by Crippen LogP contribution is 2.27. The van der Waals surface area contributed by atoms with Crippen LogP contribution in [0.1, 0.15) is 11.1 Å². The molecular formula is C19H21BrN2O4. The quantitative estimate of drug-likeness (QED) is 0.703. The van der Waals surface area contributed by atoms with E-state index in [1.165, 1.54) is 0 Å². The second-order valence-electron chi connectivity index (χ2n) is 5.61. The van der Waals surface area contributed by atoms with Crippen molar-refractivity contribution in [2.75, 3.05) is 26.1 Å². The zero-order chi connectivity index (χ0) is 19.1. The predicted molar refractivity (Wildman–Crippen MR) is 104 cm³/mol. The maximum atomic E-state index is 12.0. The molecule has 138 valence electrons. The Hall–Kier alpha value is -2.54. The minimum atomic E-state index is -0.692. The molecule has 0 bridgehead atoms. The molecule has 2 aromatic rings. The van der Waals surface area contributed by atoms with E-state index in [9.17, 15) is 9.59 Å². The number of hydrogen-bond donors (Lipinski definition) is 2. The lowest BCUT2D eigenvalue weighted by Crippen LogP contribution is -2.36. The van der Waals surface area contributed by atoms with Gasteiger partial charge in [0, 0.05) is 16.7 Å². The van der Waals surface area contributed by atoms with Gasteiger partial charge in [0.1, 0.15) is 0 Å². The fourth-order valence-electron chi connectivity index (χ4n) is 2.38. The second kappa shape index (κ2) is 9.24. The third-order valence-corrected chi connectivity index (χ3v) is 4.28. The first-order chi connectivity index (χ1) is 12.4. The lowest BCUT2D eigenvalue weighted by atomic mass is 10.1. The smallest absolute Gasteiger partial charge is 0.313 e. The van der Waals surface area contributed by atoms with Crippen LogP contribution < -0.4 is 20.1 Å². The molecule has 0 heterocycles. The van der Waals surface area contributed by atoms with Crippen molar-refractivity contribution < 1.29 is 19.1 Å². The first-order valence-electron chi connectivity index (χ1n) is 8.01. The van der Waals surface area contributed by atoms with Crippen molar-refractivity contribution in [3.63, 3.8) is 0 Å². The van der Waals surface area contributed by atoms with E-state index in [1.807, 2.05) is 25.1 Å². The summed E-state index contributed by atoms with van der Waals surface area (Å²) in [6.07, 6.45) is 0.566. The molecule has 0 aliphatic carbocycles. The highest BCUT2D eigenvalue weighted by Gasteiger charge is 2.14. The van der Waals surface area contributed by atoms with E-state index < -0.39 is 11.8 Å². The van der Waals surface area contributed by atoms with Crippen LogP contribution in [0.3, 0.4) is 0 Å². The van der Waals surface area contributed by atoms with Crippen LogP contribution in [0.5, 0.6) is 11.5 Å². The molecule has 2 aromatic carbocycles. The molecule has 0 radical (unpaired) electrons. The van der Waals surface area contributed by atoms with E-state index >= 15 is 0 Å².